The van der Waals surface area contributed by atoms with Crippen LogP contribution in [0.1, 0.15) is 31.7 Å². The van der Waals surface area contributed by atoms with Gasteiger partial charge in [-0.1, -0.05) is 37.2 Å². The number of carbonyl (C=O) groups is 1. The first-order chi connectivity index (χ1) is 9.65. The second-order valence-electron chi connectivity index (χ2n) is 4.57. The first-order valence-corrected chi connectivity index (χ1v) is 7.50. The van der Waals surface area contributed by atoms with Crippen LogP contribution in [0.4, 0.5) is 9.93 Å². The van der Waals surface area contributed by atoms with Crippen molar-refractivity contribution < 1.29 is 9.53 Å². The number of hydrogen-bond acceptors (Lipinski definition) is 4. The fourth-order valence-corrected chi connectivity index (χ4v) is 3.15. The van der Waals surface area contributed by atoms with Crippen LogP contribution in [-0.2, 0) is 6.42 Å². The number of nitrogens with two attached hydrogens (primary N) is 1. The van der Waals surface area contributed by atoms with E-state index >= 15 is 0 Å². The van der Waals surface area contributed by atoms with Crippen LogP contribution in [0, 0.1) is 0 Å². The van der Waals surface area contributed by atoms with E-state index in [1.165, 1.54) is 29.7 Å². The third kappa shape index (κ3) is 3.19. The van der Waals surface area contributed by atoms with E-state index in [1.54, 1.807) is 7.11 Å². The van der Waals surface area contributed by atoms with E-state index in [2.05, 4.69) is 23.3 Å². The van der Waals surface area contributed by atoms with E-state index in [0.29, 0.717) is 10.9 Å². The molecule has 0 aliphatic heterocycles. The van der Waals surface area contributed by atoms with Gasteiger partial charge in [-0.25, -0.2) is 9.78 Å². The number of aromatic nitrogens is 1. The number of unbranched alkanes of at least 4 members (excludes halogenated alkanes) is 2. The fourth-order valence-electron chi connectivity index (χ4n) is 2.12. The number of nitrogens with one attached hydrogen (secondary N) is 1. The summed E-state index contributed by atoms with van der Waals surface area (Å²) in [4.78, 5) is 15.3. The summed E-state index contributed by atoms with van der Waals surface area (Å²) in [6.07, 6.45) is 4.55. The van der Waals surface area contributed by atoms with Crippen LogP contribution >= 0.6 is 11.3 Å². The van der Waals surface area contributed by atoms with Crippen molar-refractivity contribution in [2.75, 3.05) is 12.4 Å². The summed E-state index contributed by atoms with van der Waals surface area (Å²) < 4.78 is 6.39. The SMILES string of the molecule is CCCCCc1ccc(OC)c2nc(NC(N)=O)sc12. The van der Waals surface area contributed by atoms with E-state index in [4.69, 9.17) is 10.5 Å². The van der Waals surface area contributed by atoms with Gasteiger partial charge in [-0.15, -0.1) is 0 Å². The third-order valence-electron chi connectivity index (χ3n) is 3.09. The average Bonchev–Trinajstić information content (AvgIpc) is 2.82. The van der Waals surface area contributed by atoms with Crippen LogP contribution in [0.5, 0.6) is 5.75 Å². The summed E-state index contributed by atoms with van der Waals surface area (Å²) >= 11 is 1.44. The summed E-state index contributed by atoms with van der Waals surface area (Å²) in [7, 11) is 1.62. The van der Waals surface area contributed by atoms with Crippen LogP contribution in [0.3, 0.4) is 0 Å². The molecule has 0 aliphatic rings. The molecule has 0 atom stereocenters. The summed E-state index contributed by atoms with van der Waals surface area (Å²) in [6.45, 7) is 2.19. The van der Waals surface area contributed by atoms with Crippen molar-refractivity contribution in [1.82, 2.24) is 4.98 Å². The van der Waals surface area contributed by atoms with Crippen LogP contribution in [0.15, 0.2) is 12.1 Å². The van der Waals surface area contributed by atoms with Crippen molar-refractivity contribution in [2.24, 2.45) is 5.73 Å². The lowest BCUT2D eigenvalue weighted by atomic mass is 10.1. The number of hydrogen-bond donors (Lipinski definition) is 2. The Morgan fingerprint density at radius 1 is 1.45 bits per heavy atom. The first-order valence-electron chi connectivity index (χ1n) is 6.68. The monoisotopic (exact) mass is 293 g/mol. The quantitative estimate of drug-likeness (QED) is 0.800. The number of rotatable bonds is 6. The molecule has 6 heteroatoms. The number of primary amides is 1. The molecule has 108 valence electrons. The van der Waals surface area contributed by atoms with Crippen molar-refractivity contribution in [3.8, 4) is 5.75 Å². The number of thiazole rings is 1. The zero-order chi connectivity index (χ0) is 14.5. The number of anilines is 1. The highest BCUT2D eigenvalue weighted by atomic mass is 32.1. The van der Waals surface area contributed by atoms with E-state index in [-0.39, 0.29) is 0 Å². The lowest BCUT2D eigenvalue weighted by Crippen LogP contribution is -2.18. The minimum Gasteiger partial charge on any atom is -0.494 e. The van der Waals surface area contributed by atoms with Crippen LogP contribution < -0.4 is 15.8 Å². The van der Waals surface area contributed by atoms with Gasteiger partial charge in [0, 0.05) is 0 Å². The second kappa shape index (κ2) is 6.56. The highest BCUT2D eigenvalue weighted by Crippen LogP contribution is 2.35. The van der Waals surface area contributed by atoms with Gasteiger partial charge >= 0.3 is 6.03 Å². The molecule has 0 unspecified atom stereocenters. The van der Waals surface area contributed by atoms with Gasteiger partial charge in [0.2, 0.25) is 0 Å². The van der Waals surface area contributed by atoms with E-state index in [0.717, 1.165) is 23.1 Å². The molecule has 20 heavy (non-hydrogen) atoms. The van der Waals surface area contributed by atoms with Crippen molar-refractivity contribution in [1.29, 1.82) is 0 Å². The molecular formula is C14H19N3O2S. The maximum atomic E-state index is 10.9. The molecule has 0 saturated heterocycles. The van der Waals surface area contributed by atoms with Gasteiger partial charge in [0.25, 0.3) is 0 Å². The zero-order valence-corrected chi connectivity index (χ0v) is 12.5. The van der Waals surface area contributed by atoms with E-state index < -0.39 is 6.03 Å². The summed E-state index contributed by atoms with van der Waals surface area (Å²) in [5.74, 6) is 0.716. The Morgan fingerprint density at radius 3 is 2.90 bits per heavy atom. The molecular weight excluding hydrogens is 274 g/mol. The molecule has 0 radical (unpaired) electrons. The lowest BCUT2D eigenvalue weighted by molar-refractivity contribution is 0.259. The molecule has 1 aromatic heterocycles. The van der Waals surface area contributed by atoms with Gasteiger partial charge in [0.1, 0.15) is 11.3 Å². The Kier molecular flexibility index (Phi) is 4.79. The molecule has 0 saturated carbocycles. The molecule has 0 aliphatic carbocycles. The standard InChI is InChI=1S/C14H19N3O2S/c1-3-4-5-6-9-7-8-10(19-2)11-12(9)20-14(16-11)17-13(15)18/h7-8H,3-6H2,1-2H3,(H3,15,16,17,18). The number of aryl methyl sites for hydroxylation is 1. The fraction of sp³-hybridized carbons (Fsp3) is 0.429. The second-order valence-corrected chi connectivity index (χ2v) is 5.57. The molecule has 0 bridgehead atoms. The lowest BCUT2D eigenvalue weighted by Gasteiger charge is -2.05. The minimum atomic E-state index is -0.601. The van der Waals surface area contributed by atoms with E-state index in [9.17, 15) is 4.79 Å². The predicted octanol–water partition coefficient (Wildman–Crippen LogP) is 3.53. The Balaban J connectivity index is 2.38. The Labute approximate surface area is 122 Å². The number of benzene rings is 1. The minimum absolute atomic E-state index is 0.508. The zero-order valence-electron chi connectivity index (χ0n) is 11.7. The molecule has 3 N–H and O–H groups in total. The third-order valence-corrected chi connectivity index (χ3v) is 4.13. The number of urea groups is 1. The largest absolute Gasteiger partial charge is 0.494 e. The first kappa shape index (κ1) is 14.6. The smallest absolute Gasteiger partial charge is 0.318 e. The molecule has 2 rings (SSSR count). The summed E-state index contributed by atoms with van der Waals surface area (Å²) in [6, 6.07) is 3.40. The molecule has 5 nitrogen and oxygen atoms in total. The maximum absolute atomic E-state index is 10.9. The van der Waals surface area contributed by atoms with Crippen molar-refractivity contribution in [2.45, 2.75) is 32.6 Å². The maximum Gasteiger partial charge on any atom is 0.318 e. The number of carbonyl (C=O) groups excluding carboxylic acids is 1. The molecule has 0 fully saturated rings. The van der Waals surface area contributed by atoms with Crippen molar-refractivity contribution >= 4 is 32.7 Å². The van der Waals surface area contributed by atoms with Crippen LogP contribution in [0.2, 0.25) is 0 Å². The number of methoxy groups -OCH3 is 1. The number of nitrogens with zero attached hydrogens (tertiary/aromatic N) is 1. The Hall–Kier alpha value is -1.82. The Morgan fingerprint density at radius 2 is 2.25 bits per heavy atom. The van der Waals surface area contributed by atoms with Gasteiger partial charge in [-0.05, 0) is 24.5 Å². The number of amides is 2. The van der Waals surface area contributed by atoms with Gasteiger partial charge in [-0.2, -0.15) is 0 Å². The van der Waals surface area contributed by atoms with Crippen molar-refractivity contribution in [3.05, 3.63) is 17.7 Å². The molecule has 2 amide bonds. The topological polar surface area (TPSA) is 77.2 Å². The summed E-state index contributed by atoms with van der Waals surface area (Å²) in [5, 5.41) is 3.04. The normalized spacial score (nSPS) is 10.7. The van der Waals surface area contributed by atoms with Gasteiger partial charge in [0.15, 0.2) is 5.13 Å². The molecule has 1 heterocycles. The van der Waals surface area contributed by atoms with Gasteiger partial charge in [-0.3, -0.25) is 5.32 Å². The molecule has 1 aromatic carbocycles. The number of fused-ring (bicyclic) bond motifs is 1. The van der Waals surface area contributed by atoms with E-state index in [1.807, 2.05) is 6.07 Å². The van der Waals surface area contributed by atoms with Crippen LogP contribution in [-0.4, -0.2) is 18.1 Å². The molecule has 0 spiro atoms. The summed E-state index contributed by atoms with van der Waals surface area (Å²) in [5.41, 5.74) is 7.17. The highest BCUT2D eigenvalue weighted by molar-refractivity contribution is 7.22. The Bertz CT molecular complexity index is 610. The van der Waals surface area contributed by atoms with Gasteiger partial charge in [0.05, 0.1) is 11.8 Å². The van der Waals surface area contributed by atoms with Gasteiger partial charge < -0.3 is 10.5 Å². The number of ether oxygens (including phenoxy) is 1. The van der Waals surface area contributed by atoms with Crippen molar-refractivity contribution in [3.63, 3.8) is 0 Å². The molecule has 2 aromatic rings. The van der Waals surface area contributed by atoms with Crippen LogP contribution in [0.25, 0.3) is 10.2 Å². The average molecular weight is 293 g/mol. The highest BCUT2D eigenvalue weighted by Gasteiger charge is 2.13. The predicted molar refractivity (Wildman–Crippen MR) is 82.6 cm³/mol.